The molecule has 34 heavy (non-hydrogen) atoms. The number of fused-ring (bicyclic) bond motifs is 2. The maximum Gasteiger partial charge on any atom is 0.322 e. The summed E-state index contributed by atoms with van der Waals surface area (Å²) >= 11 is 0. The van der Waals surface area contributed by atoms with Gasteiger partial charge in [0.25, 0.3) is 0 Å². The Bertz CT molecular complexity index is 1190. The van der Waals surface area contributed by atoms with Crippen molar-refractivity contribution >= 4 is 11.7 Å². The van der Waals surface area contributed by atoms with Crippen LogP contribution in [-0.2, 0) is 24.5 Å². The molecule has 1 N–H and O–H groups in total. The van der Waals surface area contributed by atoms with Crippen LogP contribution in [0, 0.1) is 5.82 Å². The van der Waals surface area contributed by atoms with E-state index >= 15 is 0 Å². The van der Waals surface area contributed by atoms with Gasteiger partial charge < -0.3 is 29.2 Å². The van der Waals surface area contributed by atoms with Crippen molar-refractivity contribution < 1.29 is 28.1 Å². The summed E-state index contributed by atoms with van der Waals surface area (Å²) in [7, 11) is 0. The van der Waals surface area contributed by atoms with Gasteiger partial charge in [0.15, 0.2) is 11.5 Å². The Labute approximate surface area is 197 Å². The number of hydrogen-bond donors (Lipinski definition) is 1. The molecule has 2 aliphatic heterocycles. The van der Waals surface area contributed by atoms with Crippen LogP contribution in [0.4, 0.5) is 14.9 Å². The highest BCUT2D eigenvalue weighted by molar-refractivity contribution is 5.89. The normalized spacial score (nSPS) is 14.6. The second kappa shape index (κ2) is 10.0. The van der Waals surface area contributed by atoms with Gasteiger partial charge in [0.1, 0.15) is 31.4 Å². The number of amides is 2. The van der Waals surface area contributed by atoms with Crippen LogP contribution in [0.25, 0.3) is 0 Å². The van der Waals surface area contributed by atoms with E-state index < -0.39 is 0 Å². The first kappa shape index (κ1) is 22.0. The van der Waals surface area contributed by atoms with Crippen molar-refractivity contribution in [1.82, 2.24) is 4.90 Å². The number of benzene rings is 3. The first-order chi connectivity index (χ1) is 16.6. The van der Waals surface area contributed by atoms with Gasteiger partial charge in [0, 0.05) is 17.3 Å². The van der Waals surface area contributed by atoms with Gasteiger partial charge in [-0.3, -0.25) is 0 Å². The van der Waals surface area contributed by atoms with E-state index in [4.69, 9.17) is 18.9 Å². The summed E-state index contributed by atoms with van der Waals surface area (Å²) in [5.41, 5.74) is 3.27. The van der Waals surface area contributed by atoms with Crippen LogP contribution in [0.2, 0.25) is 0 Å². The van der Waals surface area contributed by atoms with Gasteiger partial charge in [-0.05, 0) is 47.5 Å². The lowest BCUT2D eigenvalue weighted by molar-refractivity contribution is 0.107. The predicted molar refractivity (Wildman–Crippen MR) is 124 cm³/mol. The quantitative estimate of drug-likeness (QED) is 0.591. The SMILES string of the molecule is O=C(Nc1ccc2c(c1)OCCO2)N1CCOc2ccc(COCc3cccc(F)c3)cc2C1. The summed E-state index contributed by atoms with van der Waals surface area (Å²) in [6, 6.07) is 17.3. The molecule has 7 nitrogen and oxygen atoms in total. The molecular formula is C26H25FN2O5. The van der Waals surface area contributed by atoms with Crippen molar-refractivity contribution in [3.8, 4) is 17.2 Å². The number of nitrogens with one attached hydrogen (secondary N) is 1. The second-order valence-electron chi connectivity index (χ2n) is 8.12. The van der Waals surface area contributed by atoms with Gasteiger partial charge in [-0.15, -0.1) is 0 Å². The first-order valence-electron chi connectivity index (χ1n) is 11.2. The predicted octanol–water partition coefficient (Wildman–Crippen LogP) is 4.74. The maximum absolute atomic E-state index is 13.3. The molecule has 2 aliphatic rings. The molecule has 0 radical (unpaired) electrons. The maximum atomic E-state index is 13.3. The van der Waals surface area contributed by atoms with Crippen LogP contribution in [0.1, 0.15) is 16.7 Å². The Morgan fingerprint density at radius 3 is 2.50 bits per heavy atom. The lowest BCUT2D eigenvalue weighted by atomic mass is 10.1. The summed E-state index contributed by atoms with van der Waals surface area (Å²) < 4.78 is 36.1. The third-order valence-electron chi connectivity index (χ3n) is 5.61. The van der Waals surface area contributed by atoms with E-state index in [0.29, 0.717) is 63.3 Å². The highest BCUT2D eigenvalue weighted by atomic mass is 19.1. The molecule has 2 amide bonds. The lowest BCUT2D eigenvalue weighted by Gasteiger charge is -2.22. The topological polar surface area (TPSA) is 69.3 Å². The van der Waals surface area contributed by atoms with E-state index in [1.807, 2.05) is 24.3 Å². The Kier molecular flexibility index (Phi) is 6.49. The molecule has 3 aromatic carbocycles. The molecule has 176 valence electrons. The standard InChI is InChI=1S/C26H25FN2O5/c27-21-3-1-2-18(13-21)16-31-17-19-4-6-23-20(12-19)15-29(8-9-32-23)26(30)28-22-5-7-24-25(14-22)34-11-10-33-24/h1-7,12-14H,8-11,15-17H2,(H,28,30). The molecule has 3 aromatic rings. The average Bonchev–Trinajstić information content (AvgIpc) is 3.06. The van der Waals surface area contributed by atoms with Crippen LogP contribution in [0.3, 0.4) is 0 Å². The van der Waals surface area contributed by atoms with Crippen LogP contribution in [0.5, 0.6) is 17.2 Å². The highest BCUT2D eigenvalue weighted by Gasteiger charge is 2.21. The zero-order valence-electron chi connectivity index (χ0n) is 18.6. The van der Waals surface area contributed by atoms with Crippen LogP contribution >= 0.6 is 0 Å². The zero-order chi connectivity index (χ0) is 23.3. The van der Waals surface area contributed by atoms with Crippen LogP contribution in [0.15, 0.2) is 60.7 Å². The van der Waals surface area contributed by atoms with E-state index in [1.165, 1.54) is 12.1 Å². The number of urea groups is 1. The average molecular weight is 464 g/mol. The number of anilines is 1. The van der Waals surface area contributed by atoms with Crippen LogP contribution < -0.4 is 19.5 Å². The van der Waals surface area contributed by atoms with Crippen molar-refractivity contribution in [2.45, 2.75) is 19.8 Å². The molecule has 0 bridgehead atoms. The minimum Gasteiger partial charge on any atom is -0.491 e. The zero-order valence-corrected chi connectivity index (χ0v) is 18.6. The molecule has 0 saturated heterocycles. The van der Waals surface area contributed by atoms with Gasteiger partial charge in [0.2, 0.25) is 0 Å². The van der Waals surface area contributed by atoms with Crippen molar-refractivity contribution in [2.75, 3.05) is 31.7 Å². The number of carbonyl (C=O) groups excluding carboxylic acids is 1. The minimum atomic E-state index is -0.280. The van der Waals surface area contributed by atoms with E-state index in [-0.39, 0.29) is 11.8 Å². The molecule has 0 saturated carbocycles. The molecule has 0 fully saturated rings. The van der Waals surface area contributed by atoms with E-state index in [2.05, 4.69) is 5.32 Å². The number of ether oxygens (including phenoxy) is 4. The minimum absolute atomic E-state index is 0.221. The second-order valence-corrected chi connectivity index (χ2v) is 8.12. The molecule has 8 heteroatoms. The van der Waals surface area contributed by atoms with Crippen molar-refractivity contribution in [2.24, 2.45) is 0 Å². The third-order valence-corrected chi connectivity index (χ3v) is 5.61. The van der Waals surface area contributed by atoms with Crippen LogP contribution in [-0.4, -0.2) is 37.3 Å². The van der Waals surface area contributed by atoms with Gasteiger partial charge in [0.05, 0.1) is 26.3 Å². The summed E-state index contributed by atoms with van der Waals surface area (Å²) in [6.07, 6.45) is 0. The van der Waals surface area contributed by atoms with Gasteiger partial charge in [-0.25, -0.2) is 9.18 Å². The molecule has 2 heterocycles. The smallest absolute Gasteiger partial charge is 0.322 e. The Morgan fingerprint density at radius 1 is 0.882 bits per heavy atom. The molecule has 0 aliphatic carbocycles. The van der Waals surface area contributed by atoms with E-state index in [9.17, 15) is 9.18 Å². The molecular weight excluding hydrogens is 439 g/mol. The lowest BCUT2D eigenvalue weighted by Crippen LogP contribution is -2.36. The molecule has 0 atom stereocenters. The summed E-state index contributed by atoms with van der Waals surface area (Å²) in [6.45, 7) is 2.95. The summed E-state index contributed by atoms with van der Waals surface area (Å²) in [5.74, 6) is 1.77. The molecule has 0 aromatic heterocycles. The summed E-state index contributed by atoms with van der Waals surface area (Å²) in [4.78, 5) is 14.7. The monoisotopic (exact) mass is 464 g/mol. The third kappa shape index (κ3) is 5.23. The number of rotatable bonds is 5. The van der Waals surface area contributed by atoms with Gasteiger partial charge >= 0.3 is 6.03 Å². The van der Waals surface area contributed by atoms with E-state index in [0.717, 1.165) is 22.4 Å². The van der Waals surface area contributed by atoms with Crippen molar-refractivity contribution in [3.63, 3.8) is 0 Å². The highest BCUT2D eigenvalue weighted by Crippen LogP contribution is 2.33. The largest absolute Gasteiger partial charge is 0.491 e. The Hall–Kier alpha value is -3.78. The number of hydrogen-bond acceptors (Lipinski definition) is 5. The number of carbonyl (C=O) groups is 1. The summed E-state index contributed by atoms with van der Waals surface area (Å²) in [5, 5.41) is 2.93. The number of halogens is 1. The van der Waals surface area contributed by atoms with E-state index in [1.54, 1.807) is 29.2 Å². The van der Waals surface area contributed by atoms with Gasteiger partial charge in [-0.1, -0.05) is 18.2 Å². The Balaban J connectivity index is 1.22. The molecule has 0 unspecified atom stereocenters. The van der Waals surface area contributed by atoms with Gasteiger partial charge in [-0.2, -0.15) is 0 Å². The fourth-order valence-electron chi connectivity index (χ4n) is 3.95. The van der Waals surface area contributed by atoms with Crippen molar-refractivity contribution in [1.29, 1.82) is 0 Å². The Morgan fingerprint density at radius 2 is 1.65 bits per heavy atom. The number of nitrogens with zero attached hydrogens (tertiary/aromatic N) is 1. The van der Waals surface area contributed by atoms with Crippen molar-refractivity contribution in [3.05, 3.63) is 83.2 Å². The molecule has 0 spiro atoms. The fourth-order valence-corrected chi connectivity index (χ4v) is 3.95. The molecule has 5 rings (SSSR count). The fraction of sp³-hybridized carbons (Fsp3) is 0.269. The first-order valence-corrected chi connectivity index (χ1v) is 11.2.